The summed E-state index contributed by atoms with van der Waals surface area (Å²) in [4.78, 5) is 27.4. The lowest BCUT2D eigenvalue weighted by atomic mass is 9.97. The molecule has 0 radical (unpaired) electrons. The van der Waals surface area contributed by atoms with Gasteiger partial charge in [0.2, 0.25) is 5.91 Å². The van der Waals surface area contributed by atoms with E-state index in [1.165, 1.54) is 27.9 Å². The van der Waals surface area contributed by atoms with Gasteiger partial charge in [-0.25, -0.2) is 0 Å². The number of ketones is 1. The van der Waals surface area contributed by atoms with Gasteiger partial charge in [-0.3, -0.25) is 9.59 Å². The van der Waals surface area contributed by atoms with E-state index in [0.717, 1.165) is 57.5 Å². The Balaban J connectivity index is 1.25. The van der Waals surface area contributed by atoms with Gasteiger partial charge in [0.15, 0.2) is 5.78 Å². The average Bonchev–Trinajstić information content (AvgIpc) is 3.14. The molecule has 0 aliphatic carbocycles. The van der Waals surface area contributed by atoms with Crippen LogP contribution in [0.4, 0.5) is 5.69 Å². The number of para-hydroxylation sites is 1. The van der Waals surface area contributed by atoms with Crippen LogP contribution < -0.4 is 10.6 Å². The molecule has 2 aliphatic heterocycles. The lowest BCUT2D eigenvalue weighted by molar-refractivity contribution is -0.130. The fourth-order valence-corrected chi connectivity index (χ4v) is 4.94. The highest BCUT2D eigenvalue weighted by molar-refractivity contribution is 5.98. The highest BCUT2D eigenvalue weighted by Gasteiger charge is 2.26. The van der Waals surface area contributed by atoms with Gasteiger partial charge >= 0.3 is 0 Å². The molecule has 32 heavy (non-hydrogen) atoms. The van der Waals surface area contributed by atoms with E-state index in [2.05, 4.69) is 48.7 Å². The molecule has 0 aromatic heterocycles. The van der Waals surface area contributed by atoms with Gasteiger partial charge < -0.3 is 15.5 Å². The van der Waals surface area contributed by atoms with Gasteiger partial charge in [0.1, 0.15) is 0 Å². The molecule has 4 rings (SSSR count). The Kier molecular flexibility index (Phi) is 7.26. The highest BCUT2D eigenvalue weighted by atomic mass is 16.2. The van der Waals surface area contributed by atoms with Crippen LogP contribution in [0.25, 0.3) is 0 Å². The van der Waals surface area contributed by atoms with Crippen LogP contribution in [-0.2, 0) is 17.6 Å². The van der Waals surface area contributed by atoms with Crippen molar-refractivity contribution in [3.63, 3.8) is 0 Å². The fraction of sp³-hybridized carbons (Fsp3) is 0.481. The van der Waals surface area contributed by atoms with Crippen molar-refractivity contribution < 1.29 is 9.59 Å². The molecule has 1 fully saturated rings. The molecule has 0 bridgehead atoms. The van der Waals surface area contributed by atoms with Crippen LogP contribution in [0, 0.1) is 19.8 Å². The summed E-state index contributed by atoms with van der Waals surface area (Å²) in [7, 11) is 0. The Bertz CT molecular complexity index is 965. The Morgan fingerprint density at radius 3 is 2.56 bits per heavy atom. The summed E-state index contributed by atoms with van der Waals surface area (Å²) < 4.78 is 0. The van der Waals surface area contributed by atoms with Gasteiger partial charge in [-0.2, -0.15) is 0 Å². The molecule has 2 aliphatic rings. The van der Waals surface area contributed by atoms with E-state index in [-0.39, 0.29) is 18.1 Å². The Hall–Kier alpha value is -2.66. The molecular weight excluding hydrogens is 398 g/mol. The van der Waals surface area contributed by atoms with Crippen LogP contribution >= 0.6 is 0 Å². The number of carbonyl (C=O) groups excluding carboxylic acids is 2. The normalized spacial score (nSPS) is 18.2. The number of hydrogen-bond donors (Lipinski definition) is 2. The molecule has 2 aromatic rings. The molecule has 5 heteroatoms. The summed E-state index contributed by atoms with van der Waals surface area (Å²) in [6, 6.07) is 12.4. The minimum Gasteiger partial charge on any atom is -0.384 e. The second kappa shape index (κ2) is 10.3. The summed E-state index contributed by atoms with van der Waals surface area (Å²) in [5.41, 5.74) is 7.06. The van der Waals surface area contributed by atoms with Crippen LogP contribution in [-0.4, -0.2) is 49.3 Å². The van der Waals surface area contributed by atoms with Gasteiger partial charge in [-0.1, -0.05) is 30.3 Å². The first-order valence-corrected chi connectivity index (χ1v) is 11.9. The molecule has 5 nitrogen and oxygen atoms in total. The second-order valence-electron chi connectivity index (χ2n) is 9.30. The zero-order valence-corrected chi connectivity index (χ0v) is 19.4. The highest BCUT2D eigenvalue weighted by Crippen LogP contribution is 2.23. The first-order valence-electron chi connectivity index (χ1n) is 11.9. The van der Waals surface area contributed by atoms with Crippen molar-refractivity contribution in [1.29, 1.82) is 0 Å². The number of hydrogen-bond acceptors (Lipinski definition) is 4. The number of Topliss-reactive ketones (excluding diaryl/α,β-unsaturated/α-hetero) is 1. The molecule has 1 atom stereocenters. The third kappa shape index (κ3) is 5.39. The molecule has 2 N–H and O–H groups in total. The maximum Gasteiger partial charge on any atom is 0.223 e. The van der Waals surface area contributed by atoms with Crippen LogP contribution in [0.3, 0.4) is 0 Å². The molecule has 2 heterocycles. The van der Waals surface area contributed by atoms with E-state index in [1.807, 2.05) is 17.0 Å². The van der Waals surface area contributed by atoms with E-state index >= 15 is 0 Å². The Morgan fingerprint density at radius 2 is 1.78 bits per heavy atom. The van der Waals surface area contributed by atoms with Crippen molar-refractivity contribution in [2.45, 2.75) is 46.0 Å². The molecule has 1 saturated heterocycles. The largest absolute Gasteiger partial charge is 0.384 e. The number of likely N-dealkylation sites (tertiary alicyclic amines) is 1. The zero-order chi connectivity index (χ0) is 22.5. The number of aryl methyl sites for hydroxylation is 2. The van der Waals surface area contributed by atoms with Gasteiger partial charge in [-0.15, -0.1) is 0 Å². The van der Waals surface area contributed by atoms with E-state index in [0.29, 0.717) is 12.3 Å². The number of anilines is 1. The maximum absolute atomic E-state index is 12.7. The first kappa shape index (κ1) is 22.5. The lowest BCUT2D eigenvalue weighted by Crippen LogP contribution is -2.30. The summed E-state index contributed by atoms with van der Waals surface area (Å²) in [5.74, 6) is 0.629. The molecule has 0 unspecified atom stereocenters. The topological polar surface area (TPSA) is 61.4 Å². The molecule has 2 aromatic carbocycles. The smallest absolute Gasteiger partial charge is 0.223 e. The molecule has 1 amide bonds. The standard InChI is InChI=1S/C27H35N3O2/c1-19-4-3-5-20(2)27(19)29-17-21-12-15-30(18-21)26(32)9-8-25(31)24-7-6-22-10-13-28-14-11-23(22)16-24/h3-7,16,21,28-29H,8-15,17-18H2,1-2H3/t21-/m0/s1. The van der Waals surface area contributed by atoms with E-state index in [9.17, 15) is 9.59 Å². The molecular formula is C27H35N3O2. The van der Waals surface area contributed by atoms with Crippen molar-refractivity contribution >= 4 is 17.4 Å². The van der Waals surface area contributed by atoms with Gasteiger partial charge in [0.05, 0.1) is 0 Å². The number of nitrogens with one attached hydrogen (secondary N) is 2. The van der Waals surface area contributed by atoms with Crippen LogP contribution in [0.1, 0.15) is 51.9 Å². The summed E-state index contributed by atoms with van der Waals surface area (Å²) in [6.45, 7) is 8.63. The maximum atomic E-state index is 12.7. The van der Waals surface area contributed by atoms with Gasteiger partial charge in [0, 0.05) is 43.7 Å². The summed E-state index contributed by atoms with van der Waals surface area (Å²) >= 11 is 0. The quantitative estimate of drug-likeness (QED) is 0.650. The number of carbonyl (C=O) groups is 2. The van der Waals surface area contributed by atoms with E-state index < -0.39 is 0 Å². The van der Waals surface area contributed by atoms with Crippen molar-refractivity contribution in [1.82, 2.24) is 10.2 Å². The first-order chi connectivity index (χ1) is 15.5. The fourth-order valence-electron chi connectivity index (χ4n) is 4.94. The van der Waals surface area contributed by atoms with Crippen molar-refractivity contribution in [2.24, 2.45) is 5.92 Å². The van der Waals surface area contributed by atoms with Crippen molar-refractivity contribution in [3.8, 4) is 0 Å². The summed E-state index contributed by atoms with van der Waals surface area (Å²) in [5, 5.41) is 6.99. The number of amides is 1. The average molecular weight is 434 g/mol. The number of rotatable bonds is 7. The Labute approximate surface area is 191 Å². The zero-order valence-electron chi connectivity index (χ0n) is 19.4. The molecule has 0 saturated carbocycles. The predicted molar refractivity (Wildman–Crippen MR) is 129 cm³/mol. The van der Waals surface area contributed by atoms with E-state index in [4.69, 9.17) is 0 Å². The van der Waals surface area contributed by atoms with Crippen LogP contribution in [0.2, 0.25) is 0 Å². The minimum atomic E-state index is 0.0748. The third-order valence-corrected chi connectivity index (χ3v) is 6.92. The SMILES string of the molecule is Cc1cccc(C)c1NC[C@@H]1CCN(C(=O)CCC(=O)c2ccc3c(c2)CCNCC3)C1. The predicted octanol–water partition coefficient (Wildman–Crippen LogP) is 3.92. The summed E-state index contributed by atoms with van der Waals surface area (Å²) in [6.07, 6.45) is 3.57. The minimum absolute atomic E-state index is 0.0748. The third-order valence-electron chi connectivity index (χ3n) is 6.92. The van der Waals surface area contributed by atoms with Crippen molar-refractivity contribution in [2.75, 3.05) is 38.0 Å². The second-order valence-corrected chi connectivity index (χ2v) is 9.30. The van der Waals surface area contributed by atoms with Crippen molar-refractivity contribution in [3.05, 3.63) is 64.2 Å². The molecule has 170 valence electrons. The number of benzene rings is 2. The monoisotopic (exact) mass is 433 g/mol. The van der Waals surface area contributed by atoms with Crippen LogP contribution in [0.5, 0.6) is 0 Å². The molecule has 0 spiro atoms. The van der Waals surface area contributed by atoms with Gasteiger partial charge in [0.25, 0.3) is 0 Å². The lowest BCUT2D eigenvalue weighted by Gasteiger charge is -2.18. The Morgan fingerprint density at radius 1 is 1.03 bits per heavy atom. The number of nitrogens with zero attached hydrogens (tertiary/aromatic N) is 1. The number of fused-ring (bicyclic) bond motifs is 1. The van der Waals surface area contributed by atoms with E-state index in [1.54, 1.807) is 0 Å². The van der Waals surface area contributed by atoms with Gasteiger partial charge in [-0.05, 0) is 80.4 Å². The van der Waals surface area contributed by atoms with Crippen LogP contribution in [0.15, 0.2) is 36.4 Å².